The third-order valence-electron chi connectivity index (χ3n) is 3.90. The molecule has 26 heavy (non-hydrogen) atoms. The molecule has 0 amide bonds. The van der Waals surface area contributed by atoms with Crippen molar-refractivity contribution in [1.29, 1.82) is 0 Å². The summed E-state index contributed by atoms with van der Waals surface area (Å²) < 4.78 is 11.3. The topological polar surface area (TPSA) is 47.6 Å². The number of aromatic nitrogens is 1. The van der Waals surface area contributed by atoms with E-state index in [4.69, 9.17) is 25.7 Å². The minimum atomic E-state index is 0.636. The van der Waals surface area contributed by atoms with Gasteiger partial charge in [0, 0.05) is 27.4 Å². The first kappa shape index (κ1) is 16.8. The molecule has 2 aromatic carbocycles. The Balaban J connectivity index is 1.95. The molecule has 0 radical (unpaired) electrons. The fourth-order valence-corrected chi connectivity index (χ4v) is 3.48. The summed E-state index contributed by atoms with van der Waals surface area (Å²) in [6, 6.07) is 15.2. The van der Waals surface area contributed by atoms with Crippen molar-refractivity contribution in [3.05, 3.63) is 70.0 Å². The van der Waals surface area contributed by atoms with E-state index in [1.165, 1.54) is 11.3 Å². The van der Waals surface area contributed by atoms with Crippen LogP contribution < -0.4 is 10.1 Å². The summed E-state index contributed by atoms with van der Waals surface area (Å²) in [4.78, 5) is 9.15. The zero-order valence-corrected chi connectivity index (χ0v) is 15.8. The second-order valence-corrected chi connectivity index (χ2v) is 7.02. The Hall–Kier alpha value is -2.63. The lowest BCUT2D eigenvalue weighted by atomic mass is 10.1. The number of fused-ring (bicyclic) bond motifs is 1. The smallest absolute Gasteiger partial charge is 0.209 e. The molecular weight excluding hydrogens is 368 g/mol. The number of rotatable bonds is 3. The fourth-order valence-electron chi connectivity index (χ4n) is 2.63. The lowest BCUT2D eigenvalue weighted by molar-refractivity contribution is 0.415. The summed E-state index contributed by atoms with van der Waals surface area (Å²) >= 11 is 7.68. The Bertz CT molecular complexity index is 1150. The summed E-state index contributed by atoms with van der Waals surface area (Å²) in [5, 5.41) is 4.94. The van der Waals surface area contributed by atoms with Gasteiger partial charge in [-0.3, -0.25) is 0 Å². The van der Waals surface area contributed by atoms with Crippen molar-refractivity contribution in [2.75, 3.05) is 7.11 Å². The highest BCUT2D eigenvalue weighted by Gasteiger charge is 2.08. The molecule has 0 aliphatic heterocycles. The van der Waals surface area contributed by atoms with Crippen molar-refractivity contribution in [3.63, 3.8) is 0 Å². The minimum absolute atomic E-state index is 0.636. The van der Waals surface area contributed by atoms with Crippen molar-refractivity contribution in [1.82, 2.24) is 4.98 Å². The third-order valence-corrected chi connectivity index (χ3v) is 4.99. The van der Waals surface area contributed by atoms with Crippen LogP contribution in [-0.2, 0) is 0 Å². The first-order valence-electron chi connectivity index (χ1n) is 7.97. The van der Waals surface area contributed by atoms with E-state index >= 15 is 0 Å². The maximum Gasteiger partial charge on any atom is 0.209 e. The summed E-state index contributed by atoms with van der Waals surface area (Å²) in [7, 11) is 1.64. The minimum Gasteiger partial charge on any atom is -0.497 e. The van der Waals surface area contributed by atoms with Crippen molar-refractivity contribution in [2.24, 2.45) is 4.99 Å². The molecule has 6 heteroatoms. The zero-order chi connectivity index (χ0) is 18.1. The molecule has 4 nitrogen and oxygen atoms in total. The Morgan fingerprint density at radius 2 is 1.92 bits per heavy atom. The Morgan fingerprint density at radius 3 is 2.62 bits per heavy atom. The normalized spacial score (nSPS) is 11.9. The van der Waals surface area contributed by atoms with Crippen molar-refractivity contribution >= 4 is 39.0 Å². The number of halogens is 1. The monoisotopic (exact) mass is 382 g/mol. The molecule has 2 aromatic heterocycles. The van der Waals surface area contributed by atoms with Gasteiger partial charge in [-0.2, -0.15) is 0 Å². The highest BCUT2D eigenvalue weighted by Crippen LogP contribution is 2.26. The van der Waals surface area contributed by atoms with Gasteiger partial charge in [-0.1, -0.05) is 11.6 Å². The van der Waals surface area contributed by atoms with Crippen molar-refractivity contribution in [2.45, 2.75) is 6.92 Å². The predicted octanol–water partition coefficient (Wildman–Crippen LogP) is 5.76. The summed E-state index contributed by atoms with van der Waals surface area (Å²) in [5.41, 5.74) is 2.61. The van der Waals surface area contributed by atoms with E-state index in [9.17, 15) is 0 Å². The summed E-state index contributed by atoms with van der Waals surface area (Å²) in [6.07, 6.45) is 0. The first-order chi connectivity index (χ1) is 12.6. The molecule has 0 N–H and O–H groups in total. The van der Waals surface area contributed by atoms with E-state index in [1.54, 1.807) is 7.11 Å². The summed E-state index contributed by atoms with van der Waals surface area (Å²) in [5.74, 6) is 1.51. The first-order valence-corrected chi connectivity index (χ1v) is 9.23. The van der Waals surface area contributed by atoms with E-state index in [0.29, 0.717) is 10.2 Å². The molecule has 4 rings (SSSR count). The molecule has 4 aromatic rings. The molecule has 2 heterocycles. The average Bonchev–Trinajstić information content (AvgIpc) is 3.07. The highest BCUT2D eigenvalue weighted by atomic mass is 35.5. The van der Waals surface area contributed by atoms with Crippen molar-refractivity contribution in [3.8, 4) is 17.1 Å². The molecule has 0 saturated heterocycles. The predicted molar refractivity (Wildman–Crippen MR) is 105 cm³/mol. The SMILES string of the molecule is COc1ccc(-c2c/c(=N\c3nc(C)cs3)c3cc(Cl)ccc3o2)cc1. The van der Waals surface area contributed by atoms with E-state index in [-0.39, 0.29) is 0 Å². The molecule has 0 unspecified atom stereocenters. The molecule has 0 bridgehead atoms. The van der Waals surface area contributed by atoms with Gasteiger partial charge < -0.3 is 9.15 Å². The standard InChI is InChI=1S/C20H15ClN2O2S/c1-12-11-26-20(22-12)23-17-10-19(13-3-6-15(24-2)7-4-13)25-18-8-5-14(21)9-16(17)18/h3-11H,1-2H3/b23-17+. The lowest BCUT2D eigenvalue weighted by Crippen LogP contribution is -2.03. The van der Waals surface area contributed by atoms with Crippen LogP contribution in [0.3, 0.4) is 0 Å². The van der Waals surface area contributed by atoms with Crippen LogP contribution in [0.4, 0.5) is 5.13 Å². The van der Waals surface area contributed by atoms with Gasteiger partial charge in [0.05, 0.1) is 18.2 Å². The second-order valence-electron chi connectivity index (χ2n) is 5.75. The second kappa shape index (κ2) is 6.94. The van der Waals surface area contributed by atoms with Crippen LogP contribution in [0.2, 0.25) is 5.02 Å². The number of nitrogens with zero attached hydrogens (tertiary/aromatic N) is 2. The average molecular weight is 383 g/mol. The summed E-state index contributed by atoms with van der Waals surface area (Å²) in [6.45, 7) is 1.95. The molecule has 130 valence electrons. The Kier molecular flexibility index (Phi) is 4.49. The van der Waals surface area contributed by atoms with Gasteiger partial charge in [-0.25, -0.2) is 9.98 Å². The Morgan fingerprint density at radius 1 is 1.12 bits per heavy atom. The largest absolute Gasteiger partial charge is 0.497 e. The van der Waals surface area contributed by atoms with Gasteiger partial charge in [-0.05, 0) is 49.4 Å². The quantitative estimate of drug-likeness (QED) is 0.452. The number of thiazole rings is 1. The van der Waals surface area contributed by atoms with Crippen LogP contribution in [-0.4, -0.2) is 12.1 Å². The zero-order valence-electron chi connectivity index (χ0n) is 14.2. The van der Waals surface area contributed by atoms with Crippen LogP contribution in [0.25, 0.3) is 22.3 Å². The maximum absolute atomic E-state index is 6.18. The van der Waals surface area contributed by atoms with Gasteiger partial charge in [0.2, 0.25) is 5.13 Å². The number of aryl methyl sites for hydroxylation is 1. The molecule has 0 saturated carbocycles. The Labute approximate surface area is 159 Å². The van der Waals surface area contributed by atoms with Gasteiger partial charge >= 0.3 is 0 Å². The third kappa shape index (κ3) is 3.36. The van der Waals surface area contributed by atoms with E-state index in [0.717, 1.165) is 39.1 Å². The molecule has 0 spiro atoms. The number of ether oxygens (including phenoxy) is 1. The number of methoxy groups -OCH3 is 1. The van der Waals surface area contributed by atoms with Gasteiger partial charge in [0.25, 0.3) is 0 Å². The number of benzene rings is 2. The molecule has 0 aliphatic rings. The van der Waals surface area contributed by atoms with Crippen LogP contribution in [0.5, 0.6) is 5.75 Å². The van der Waals surface area contributed by atoms with Crippen LogP contribution in [0.15, 0.2) is 63.3 Å². The maximum atomic E-state index is 6.18. The van der Waals surface area contributed by atoms with Gasteiger partial charge in [0.15, 0.2) is 0 Å². The van der Waals surface area contributed by atoms with Crippen LogP contribution >= 0.6 is 22.9 Å². The van der Waals surface area contributed by atoms with Crippen molar-refractivity contribution < 1.29 is 9.15 Å². The van der Waals surface area contributed by atoms with Crippen LogP contribution in [0, 0.1) is 6.92 Å². The van der Waals surface area contributed by atoms with E-state index in [1.807, 2.05) is 60.8 Å². The number of hydrogen-bond acceptors (Lipinski definition) is 5. The van der Waals surface area contributed by atoms with Crippen LogP contribution in [0.1, 0.15) is 5.69 Å². The van der Waals surface area contributed by atoms with E-state index in [2.05, 4.69) is 4.98 Å². The number of hydrogen-bond donors (Lipinski definition) is 0. The van der Waals surface area contributed by atoms with Gasteiger partial charge in [0.1, 0.15) is 17.1 Å². The molecule has 0 fully saturated rings. The molecular formula is C20H15ClN2O2S. The lowest BCUT2D eigenvalue weighted by Gasteiger charge is -2.06. The van der Waals surface area contributed by atoms with Gasteiger partial charge in [-0.15, -0.1) is 11.3 Å². The fraction of sp³-hybridized carbons (Fsp3) is 0.100. The molecule has 0 atom stereocenters. The molecule has 0 aliphatic carbocycles. The highest BCUT2D eigenvalue weighted by molar-refractivity contribution is 7.13. The van der Waals surface area contributed by atoms with E-state index < -0.39 is 0 Å².